The maximum Gasteiger partial charge on any atom is 0.452 e. The Balaban J connectivity index is -0.000000239. The molecule has 0 saturated carbocycles. The maximum atomic E-state index is 11.5. The first-order valence-corrected chi connectivity index (χ1v) is 6.55. The van der Waals surface area contributed by atoms with Gasteiger partial charge in [0.1, 0.15) is 0 Å². The minimum atomic E-state index is -5.20. The zero-order valence-corrected chi connectivity index (χ0v) is 14.6. The van der Waals surface area contributed by atoms with Crippen molar-refractivity contribution in [1.29, 1.82) is 0 Å². The Morgan fingerprint density at radius 1 is 0.429 bits per heavy atom. The summed E-state index contributed by atoms with van der Waals surface area (Å²) in [6, 6.07) is 0. The highest BCUT2D eigenvalue weighted by molar-refractivity contribution is 6.66. The molecule has 0 aromatic rings. The van der Waals surface area contributed by atoms with Crippen LogP contribution in [-0.2, 0) is 0 Å². The highest BCUT2D eigenvalue weighted by atomic mass is 35.6. The van der Waals surface area contributed by atoms with Gasteiger partial charge in [-0.1, -0.05) is 46.4 Å². The van der Waals surface area contributed by atoms with Crippen LogP contribution in [-0.4, -0.2) is 24.8 Å². The molecule has 0 aliphatic rings. The van der Waals surface area contributed by atoms with Crippen molar-refractivity contribution in [2.24, 2.45) is 0 Å². The Morgan fingerprint density at radius 2 is 0.524 bits per heavy atom. The van der Waals surface area contributed by atoms with E-state index in [2.05, 4.69) is 92.8 Å². The van der Waals surface area contributed by atoms with Gasteiger partial charge in [-0.3, -0.25) is 0 Å². The summed E-state index contributed by atoms with van der Waals surface area (Å²) in [5.74, 6) is 0. The normalized spacial score (nSPS) is 13.7. The average Bonchev–Trinajstić information content (AvgIpc) is 1.91. The first-order chi connectivity index (χ1) is 8.50. The fraction of sp³-hybridized carbons (Fsp3) is 1.00. The lowest BCUT2D eigenvalue weighted by Gasteiger charge is -2.13. The average molecular weight is 496 g/mol. The Labute approximate surface area is 152 Å². The van der Waals surface area contributed by atoms with E-state index in [-0.39, 0.29) is 0 Å². The molecule has 0 spiro atoms. The molecule has 132 valence electrons. The highest BCUT2D eigenvalue weighted by Crippen LogP contribution is 2.42. The zero-order valence-electron chi connectivity index (χ0n) is 8.55. The molecule has 0 aromatic carbocycles. The number of hydrogen-bond donors (Lipinski definition) is 0. The molecular formula is C5Cl8F8. The second-order valence-electron chi connectivity index (χ2n) is 2.42. The van der Waals surface area contributed by atoms with Gasteiger partial charge in [0.05, 0.1) is 0 Å². The monoisotopic (exact) mass is 492 g/mol. The summed E-state index contributed by atoms with van der Waals surface area (Å²) in [5.41, 5.74) is 0. The molecule has 21 heavy (non-hydrogen) atoms. The quantitative estimate of drug-likeness (QED) is 0.257. The molecular weight excluding hydrogens is 496 g/mol. The molecule has 0 nitrogen and oxygen atoms in total. The van der Waals surface area contributed by atoms with Gasteiger partial charge in [-0.2, -0.15) is 35.1 Å². The largest absolute Gasteiger partial charge is 0.452 e. The topological polar surface area (TPSA) is 0 Å². The summed E-state index contributed by atoms with van der Waals surface area (Å²) < 4.78 is 78.9. The van der Waals surface area contributed by atoms with Gasteiger partial charge in [0, 0.05) is 0 Å². The van der Waals surface area contributed by atoms with E-state index in [4.69, 9.17) is 0 Å². The van der Waals surface area contributed by atoms with Crippen molar-refractivity contribution < 1.29 is 35.1 Å². The lowest BCUT2D eigenvalue weighted by atomic mass is 10.7. The summed E-state index contributed by atoms with van der Waals surface area (Å²) in [5, 5.41) is -4.23. The number of hydrogen-bond acceptors (Lipinski definition) is 0. The molecule has 0 aliphatic heterocycles. The Hall–Kier alpha value is 1.76. The number of rotatable bonds is 1. The van der Waals surface area contributed by atoms with Gasteiger partial charge < -0.3 is 0 Å². The summed E-state index contributed by atoms with van der Waals surface area (Å²) in [7, 11) is 0. The van der Waals surface area contributed by atoms with E-state index in [0.717, 1.165) is 0 Å². The van der Waals surface area contributed by atoms with Gasteiger partial charge in [-0.25, -0.2) is 0 Å². The minimum Gasteiger partial charge on any atom is -0.199 e. The second kappa shape index (κ2) is 9.30. The molecule has 0 saturated heterocycles. The maximum absolute atomic E-state index is 11.5. The Kier molecular flexibility index (Phi) is 12.2. The molecule has 0 amide bonds. The van der Waals surface area contributed by atoms with Crippen LogP contribution < -0.4 is 0 Å². The van der Waals surface area contributed by atoms with Crippen molar-refractivity contribution in [3.8, 4) is 0 Å². The van der Waals surface area contributed by atoms with Crippen molar-refractivity contribution in [1.82, 2.24) is 0 Å². The fourth-order valence-electron chi connectivity index (χ4n) is 0. The van der Waals surface area contributed by atoms with Crippen LogP contribution in [0.3, 0.4) is 0 Å². The molecule has 0 aliphatic carbocycles. The Morgan fingerprint density at radius 3 is 0.524 bits per heavy atom. The van der Waals surface area contributed by atoms with Crippen molar-refractivity contribution in [2.75, 3.05) is 0 Å². The molecule has 0 rings (SSSR count). The molecule has 0 fully saturated rings. The first kappa shape index (κ1) is 27.6. The van der Waals surface area contributed by atoms with Gasteiger partial charge in [0.15, 0.2) is 0 Å². The van der Waals surface area contributed by atoms with Crippen LogP contribution >= 0.6 is 92.8 Å². The van der Waals surface area contributed by atoms with Crippen LogP contribution in [0.1, 0.15) is 0 Å². The van der Waals surface area contributed by atoms with Crippen LogP contribution in [0.15, 0.2) is 0 Å². The van der Waals surface area contributed by atoms with Crippen molar-refractivity contribution in [3.05, 3.63) is 0 Å². The van der Waals surface area contributed by atoms with E-state index >= 15 is 0 Å². The third-order valence-corrected chi connectivity index (χ3v) is 2.00. The predicted molar refractivity (Wildman–Crippen MR) is 69.3 cm³/mol. The van der Waals surface area contributed by atoms with Gasteiger partial charge >= 0.3 is 24.8 Å². The zero-order chi connectivity index (χ0) is 18.5. The van der Waals surface area contributed by atoms with Gasteiger partial charge in [-0.15, -0.1) is 0 Å². The summed E-state index contributed by atoms with van der Waals surface area (Å²) in [4.78, 5) is 0. The smallest absolute Gasteiger partial charge is 0.199 e. The fourth-order valence-corrected chi connectivity index (χ4v) is 0. The molecule has 16 heteroatoms. The summed E-state index contributed by atoms with van der Waals surface area (Å²) in [6.45, 7) is 0. The number of halogens is 16. The Bertz CT molecular complexity index is 225. The van der Waals surface area contributed by atoms with Crippen LogP contribution in [0.25, 0.3) is 0 Å². The number of alkyl halides is 16. The van der Waals surface area contributed by atoms with Gasteiger partial charge in [-0.05, 0) is 46.4 Å². The van der Waals surface area contributed by atoms with E-state index in [0.29, 0.717) is 0 Å². The third kappa shape index (κ3) is 21.8. The van der Waals surface area contributed by atoms with Crippen LogP contribution in [0.5, 0.6) is 0 Å². The summed E-state index contributed by atoms with van der Waals surface area (Å²) in [6.07, 6.45) is -5.20. The van der Waals surface area contributed by atoms with Gasteiger partial charge in [0.2, 0.25) is 0 Å². The lowest BCUT2D eigenvalue weighted by molar-refractivity contribution is -0.170. The second-order valence-corrected chi connectivity index (χ2v) is 7.51. The molecule has 0 unspecified atom stereocenters. The molecule has 0 atom stereocenters. The van der Waals surface area contributed by atoms with Crippen LogP contribution in [0, 0.1) is 0 Å². The van der Waals surface area contributed by atoms with E-state index in [1.54, 1.807) is 0 Å². The molecule has 0 bridgehead atoms. The van der Waals surface area contributed by atoms with E-state index in [1.165, 1.54) is 0 Å². The minimum absolute atomic E-state index is 2.58. The van der Waals surface area contributed by atoms with Crippen LogP contribution in [0.4, 0.5) is 35.1 Å². The van der Waals surface area contributed by atoms with Crippen molar-refractivity contribution in [2.45, 2.75) is 24.8 Å². The van der Waals surface area contributed by atoms with Crippen molar-refractivity contribution in [3.63, 3.8) is 0 Å². The van der Waals surface area contributed by atoms with E-state index < -0.39 is 24.8 Å². The molecule has 0 N–H and O–H groups in total. The van der Waals surface area contributed by atoms with Gasteiger partial charge in [0.25, 0.3) is 0 Å². The van der Waals surface area contributed by atoms with E-state index in [1.807, 2.05) is 0 Å². The molecule has 0 aromatic heterocycles. The summed E-state index contributed by atoms with van der Waals surface area (Å²) >= 11 is 33.6. The third-order valence-electron chi connectivity index (χ3n) is 0.643. The molecule has 0 heterocycles. The highest BCUT2D eigenvalue weighted by Gasteiger charge is 2.53. The predicted octanol–water partition coefficient (Wildman–Crippen LogP) is 7.85. The van der Waals surface area contributed by atoms with Crippen LogP contribution in [0.2, 0.25) is 0 Å². The lowest BCUT2D eigenvalue weighted by Crippen LogP contribution is -2.28. The SMILES string of the molecule is FC(Cl)(Cl)Cl.FC(F)(Cl)C(F)(Cl)Cl.FC(F)(F)C(F)(Cl)Cl. The van der Waals surface area contributed by atoms with E-state index in [9.17, 15) is 35.1 Å². The molecule has 0 radical (unpaired) electrons. The standard InChI is InChI=1S/C2Cl3F3.C2Cl2F4.CCl3F/c3-1(4,6)2(5,7)8;3-1(4,5)2(6,7)8;2-1(3,4)5. The first-order valence-electron chi connectivity index (χ1n) is 3.52. The van der Waals surface area contributed by atoms with Crippen molar-refractivity contribution >= 4 is 92.8 Å².